The van der Waals surface area contributed by atoms with Crippen molar-refractivity contribution in [2.75, 3.05) is 13.7 Å². The number of carboxylic acids is 1. The van der Waals surface area contributed by atoms with Gasteiger partial charge in [-0.05, 0) is 64.2 Å². The first-order valence-electron chi connectivity index (χ1n) is 8.51. The predicted octanol–water partition coefficient (Wildman–Crippen LogP) is 4.14. The average molecular weight is 543 g/mol. The maximum Gasteiger partial charge on any atom is 0.323 e. The summed E-state index contributed by atoms with van der Waals surface area (Å²) in [5.41, 5.74) is 0.960. The number of halogens is 2. The molecule has 2 amide bonds. The van der Waals surface area contributed by atoms with Crippen LogP contribution in [0.25, 0.3) is 6.08 Å². The van der Waals surface area contributed by atoms with E-state index in [2.05, 4.69) is 0 Å². The van der Waals surface area contributed by atoms with Crippen LogP contribution in [0.15, 0.2) is 41.3 Å². The lowest BCUT2D eigenvalue weighted by Crippen LogP contribution is -2.33. The highest BCUT2D eigenvalue weighted by atomic mass is 127. The number of carboxylic acid groups (broad SMARTS) is 1. The van der Waals surface area contributed by atoms with Gasteiger partial charge < -0.3 is 14.6 Å². The highest BCUT2D eigenvalue weighted by molar-refractivity contribution is 14.1. The van der Waals surface area contributed by atoms with Crippen molar-refractivity contribution in [1.82, 2.24) is 4.90 Å². The second kappa shape index (κ2) is 9.47. The van der Waals surface area contributed by atoms with Gasteiger partial charge in [-0.25, -0.2) is 4.39 Å². The molecule has 1 heterocycles. The Balaban J connectivity index is 1.84. The Morgan fingerprint density at radius 2 is 2.03 bits per heavy atom. The van der Waals surface area contributed by atoms with Crippen LogP contribution in [-0.4, -0.2) is 40.8 Å². The van der Waals surface area contributed by atoms with Crippen molar-refractivity contribution in [2.45, 2.75) is 6.61 Å². The van der Waals surface area contributed by atoms with Crippen LogP contribution in [0.3, 0.4) is 0 Å². The summed E-state index contributed by atoms with van der Waals surface area (Å²) >= 11 is 2.70. The fourth-order valence-electron chi connectivity index (χ4n) is 2.65. The van der Waals surface area contributed by atoms with Gasteiger partial charge >= 0.3 is 5.97 Å². The molecule has 1 saturated heterocycles. The third kappa shape index (κ3) is 4.93. The summed E-state index contributed by atoms with van der Waals surface area (Å²) in [6.45, 7) is -0.682. The van der Waals surface area contributed by atoms with E-state index < -0.39 is 23.7 Å². The van der Waals surface area contributed by atoms with Gasteiger partial charge in [0, 0.05) is 5.56 Å². The van der Waals surface area contributed by atoms with Crippen molar-refractivity contribution in [3.05, 3.63) is 61.8 Å². The molecule has 0 aliphatic carbocycles. The number of carbonyl (C=O) groups excluding carboxylic acids is 2. The molecule has 0 atom stereocenters. The molecule has 10 heteroatoms. The predicted molar refractivity (Wildman–Crippen MR) is 117 cm³/mol. The van der Waals surface area contributed by atoms with E-state index in [1.807, 2.05) is 22.6 Å². The quantitative estimate of drug-likeness (QED) is 0.415. The summed E-state index contributed by atoms with van der Waals surface area (Å²) in [7, 11) is 1.45. The van der Waals surface area contributed by atoms with Crippen LogP contribution in [0.1, 0.15) is 11.1 Å². The van der Waals surface area contributed by atoms with Gasteiger partial charge in [0.15, 0.2) is 11.5 Å². The normalized spacial score (nSPS) is 15.0. The van der Waals surface area contributed by atoms with Crippen LogP contribution in [0.4, 0.5) is 9.18 Å². The topological polar surface area (TPSA) is 93.1 Å². The zero-order valence-corrected chi connectivity index (χ0v) is 18.5. The first-order chi connectivity index (χ1) is 14.3. The molecule has 0 saturated carbocycles. The Morgan fingerprint density at radius 1 is 1.30 bits per heavy atom. The second-order valence-electron chi connectivity index (χ2n) is 6.08. The number of carbonyl (C=O) groups is 3. The van der Waals surface area contributed by atoms with Gasteiger partial charge in [0.25, 0.3) is 11.1 Å². The fraction of sp³-hybridized carbons (Fsp3) is 0.150. The molecule has 2 aromatic carbocycles. The number of rotatable bonds is 7. The zero-order chi connectivity index (χ0) is 21.8. The van der Waals surface area contributed by atoms with Crippen LogP contribution < -0.4 is 9.47 Å². The smallest absolute Gasteiger partial charge is 0.323 e. The molecule has 0 unspecified atom stereocenters. The third-order valence-corrected chi connectivity index (χ3v) is 5.76. The van der Waals surface area contributed by atoms with Gasteiger partial charge in [-0.3, -0.25) is 19.3 Å². The molecule has 0 aromatic heterocycles. The number of aliphatic carboxylic acids is 1. The SMILES string of the molecule is COc1cc(/C=C2/SC(=O)N(CC(=O)O)C2=O)cc(I)c1OCc1ccccc1F. The standard InChI is InChI=1S/C20H15FINO6S/c1-28-15-7-11(8-16-19(26)23(9-17(24)25)20(27)30-16)6-14(22)18(15)29-10-12-4-2-3-5-13(12)21/h2-8H,9-10H2,1H3,(H,24,25)/b16-8+. The second-order valence-corrected chi connectivity index (χ2v) is 8.23. The van der Waals surface area contributed by atoms with Gasteiger partial charge in [0.1, 0.15) is 19.0 Å². The minimum absolute atomic E-state index is 0.00641. The van der Waals surface area contributed by atoms with Gasteiger partial charge in [0.05, 0.1) is 15.6 Å². The number of methoxy groups -OCH3 is 1. The van der Waals surface area contributed by atoms with E-state index in [0.29, 0.717) is 42.9 Å². The van der Waals surface area contributed by atoms with Gasteiger partial charge in [0.2, 0.25) is 0 Å². The van der Waals surface area contributed by atoms with Crippen molar-refractivity contribution in [3.8, 4) is 11.5 Å². The molecule has 3 rings (SSSR count). The number of amides is 2. The summed E-state index contributed by atoms with van der Waals surface area (Å²) in [4.78, 5) is 35.8. The number of benzene rings is 2. The molecular weight excluding hydrogens is 528 g/mol. The molecule has 1 aliphatic heterocycles. The number of thioether (sulfide) groups is 1. The lowest BCUT2D eigenvalue weighted by molar-refractivity contribution is -0.140. The summed E-state index contributed by atoms with van der Waals surface area (Å²) in [5, 5.41) is 8.20. The van der Waals surface area contributed by atoms with Crippen molar-refractivity contribution in [1.29, 1.82) is 0 Å². The van der Waals surface area contributed by atoms with Crippen LogP contribution in [0, 0.1) is 9.39 Å². The van der Waals surface area contributed by atoms with Gasteiger partial charge in [-0.2, -0.15) is 0 Å². The Bertz CT molecular complexity index is 1060. The maximum atomic E-state index is 13.8. The molecule has 156 valence electrons. The summed E-state index contributed by atoms with van der Waals surface area (Å²) < 4.78 is 25.6. The van der Waals surface area contributed by atoms with E-state index >= 15 is 0 Å². The van der Waals surface area contributed by atoms with Crippen molar-refractivity contribution >= 4 is 57.5 Å². The minimum atomic E-state index is -1.27. The monoisotopic (exact) mass is 543 g/mol. The Kier molecular flexibility index (Phi) is 6.98. The number of hydrogen-bond donors (Lipinski definition) is 1. The summed E-state index contributed by atoms with van der Waals surface area (Å²) in [6, 6.07) is 9.60. The molecule has 0 bridgehead atoms. The Morgan fingerprint density at radius 3 is 2.70 bits per heavy atom. The highest BCUT2D eigenvalue weighted by Crippen LogP contribution is 2.37. The minimum Gasteiger partial charge on any atom is -0.493 e. The largest absolute Gasteiger partial charge is 0.493 e. The van der Waals surface area contributed by atoms with E-state index in [9.17, 15) is 18.8 Å². The van der Waals surface area contributed by atoms with Crippen molar-refractivity contribution in [2.24, 2.45) is 0 Å². The lowest BCUT2D eigenvalue weighted by Gasteiger charge is -2.14. The third-order valence-electron chi connectivity index (χ3n) is 4.05. The summed E-state index contributed by atoms with van der Waals surface area (Å²) in [5.74, 6) is -1.53. The molecule has 30 heavy (non-hydrogen) atoms. The van der Waals surface area contributed by atoms with Crippen molar-refractivity contribution in [3.63, 3.8) is 0 Å². The fourth-order valence-corrected chi connectivity index (χ4v) is 4.27. The van der Waals surface area contributed by atoms with Crippen LogP contribution in [0.2, 0.25) is 0 Å². The summed E-state index contributed by atoms with van der Waals surface area (Å²) in [6.07, 6.45) is 1.48. The molecule has 7 nitrogen and oxygen atoms in total. The number of nitrogens with zero attached hydrogens (tertiary/aromatic N) is 1. The van der Waals surface area contributed by atoms with E-state index in [0.717, 1.165) is 0 Å². The van der Waals surface area contributed by atoms with Crippen molar-refractivity contribution < 1.29 is 33.4 Å². The zero-order valence-electron chi connectivity index (χ0n) is 15.6. The van der Waals surface area contributed by atoms with Gasteiger partial charge in [-0.1, -0.05) is 18.2 Å². The molecule has 1 aliphatic rings. The molecule has 2 aromatic rings. The van der Waals surface area contributed by atoms with Crippen LogP contribution >= 0.6 is 34.4 Å². The Labute approximate surface area is 189 Å². The molecule has 0 radical (unpaired) electrons. The number of imide groups is 1. The van der Waals surface area contributed by atoms with E-state index in [-0.39, 0.29) is 17.3 Å². The number of ether oxygens (including phenoxy) is 2. The maximum absolute atomic E-state index is 13.8. The van der Waals surface area contributed by atoms with Crippen LogP contribution in [-0.2, 0) is 16.2 Å². The van der Waals surface area contributed by atoms with Crippen LogP contribution in [0.5, 0.6) is 11.5 Å². The molecule has 1 fully saturated rings. The first-order valence-corrected chi connectivity index (χ1v) is 10.4. The highest BCUT2D eigenvalue weighted by Gasteiger charge is 2.36. The van der Waals surface area contributed by atoms with E-state index in [4.69, 9.17) is 14.6 Å². The van der Waals surface area contributed by atoms with Gasteiger partial charge in [-0.15, -0.1) is 0 Å². The molecule has 0 spiro atoms. The average Bonchev–Trinajstić information content (AvgIpc) is 2.95. The first kappa shape index (κ1) is 22.1. The molecular formula is C20H15FINO6S. The van der Waals surface area contributed by atoms with E-state index in [1.165, 1.54) is 19.3 Å². The Hall–Kier alpha value is -2.60. The molecule has 1 N–H and O–H groups in total. The lowest BCUT2D eigenvalue weighted by atomic mass is 10.1. The van der Waals surface area contributed by atoms with E-state index in [1.54, 1.807) is 30.3 Å². The number of hydrogen-bond acceptors (Lipinski definition) is 6.